The van der Waals surface area contributed by atoms with Gasteiger partial charge in [0, 0.05) is 4.90 Å². The van der Waals surface area contributed by atoms with Crippen LogP contribution >= 0.6 is 11.8 Å². The molecule has 1 aliphatic rings. The van der Waals surface area contributed by atoms with Crippen molar-refractivity contribution in [2.24, 2.45) is 0 Å². The molecule has 3 rings (SSSR count). The molecular weight excluding hydrogens is 433 g/mol. The molecule has 10 heteroatoms. The highest BCUT2D eigenvalue weighted by Crippen LogP contribution is 2.49. The van der Waals surface area contributed by atoms with E-state index in [1.807, 2.05) is 5.32 Å². The maximum Gasteiger partial charge on any atom is 0.405 e. The van der Waals surface area contributed by atoms with E-state index in [1.54, 1.807) is 48.5 Å². The van der Waals surface area contributed by atoms with Crippen molar-refractivity contribution < 1.29 is 32.2 Å². The van der Waals surface area contributed by atoms with E-state index in [4.69, 9.17) is 9.47 Å². The van der Waals surface area contributed by atoms with Gasteiger partial charge >= 0.3 is 6.18 Å². The number of benzene rings is 2. The standard InChI is InChI=1S/C21H21F3N2O4S/c1-29-14-5-3-13(4-6-14)18-20(11-17(27)26-18,19(28)25-12-21(22,23)24)31-16-9-7-15(30-2)8-10-16/h3-10,18H,11-12H2,1-2H3,(H,25,28)(H,26,27)/t18-,20-/m1/s1. The molecule has 2 N–H and O–H groups in total. The van der Waals surface area contributed by atoms with Crippen LogP contribution in [0.3, 0.4) is 0 Å². The van der Waals surface area contributed by atoms with Crippen LogP contribution in [0.15, 0.2) is 53.4 Å². The number of thioether (sulfide) groups is 1. The van der Waals surface area contributed by atoms with Crippen LogP contribution in [0.5, 0.6) is 11.5 Å². The average Bonchev–Trinajstić information content (AvgIpc) is 3.09. The van der Waals surface area contributed by atoms with Gasteiger partial charge in [0.25, 0.3) is 0 Å². The van der Waals surface area contributed by atoms with Crippen LogP contribution in [-0.2, 0) is 9.59 Å². The van der Waals surface area contributed by atoms with Crippen LogP contribution in [0.1, 0.15) is 18.0 Å². The Bertz CT molecular complexity index is 935. The Labute approximate surface area is 181 Å². The topological polar surface area (TPSA) is 76.7 Å². The molecule has 2 aromatic carbocycles. The molecular formula is C21H21F3N2O4S. The molecule has 0 aromatic heterocycles. The predicted octanol–water partition coefficient (Wildman–Crippen LogP) is 3.47. The van der Waals surface area contributed by atoms with Crippen molar-refractivity contribution in [2.75, 3.05) is 20.8 Å². The van der Waals surface area contributed by atoms with Gasteiger partial charge in [0.05, 0.1) is 26.7 Å². The number of methoxy groups -OCH3 is 2. The summed E-state index contributed by atoms with van der Waals surface area (Å²) in [6, 6.07) is 12.6. The maximum atomic E-state index is 13.1. The number of rotatable bonds is 7. The molecule has 0 bridgehead atoms. The van der Waals surface area contributed by atoms with E-state index in [-0.39, 0.29) is 6.42 Å². The third-order valence-electron chi connectivity index (χ3n) is 4.84. The summed E-state index contributed by atoms with van der Waals surface area (Å²) in [5.74, 6) is -0.135. The smallest absolute Gasteiger partial charge is 0.405 e. The zero-order valence-electron chi connectivity index (χ0n) is 16.8. The Kier molecular flexibility index (Phi) is 6.68. The summed E-state index contributed by atoms with van der Waals surface area (Å²) >= 11 is 1.04. The Morgan fingerprint density at radius 2 is 1.65 bits per heavy atom. The normalized spacial score (nSPS) is 20.8. The van der Waals surface area contributed by atoms with Gasteiger partial charge < -0.3 is 20.1 Å². The minimum Gasteiger partial charge on any atom is -0.497 e. The first kappa shape index (κ1) is 22.8. The summed E-state index contributed by atoms with van der Waals surface area (Å²) in [5.41, 5.74) is 0.579. The van der Waals surface area contributed by atoms with Crippen LogP contribution in [-0.4, -0.2) is 43.5 Å². The van der Waals surface area contributed by atoms with Gasteiger partial charge in [-0.2, -0.15) is 13.2 Å². The Balaban J connectivity index is 2.00. The van der Waals surface area contributed by atoms with Gasteiger partial charge in [0.1, 0.15) is 22.8 Å². The van der Waals surface area contributed by atoms with Crippen LogP contribution < -0.4 is 20.1 Å². The fraction of sp³-hybridized carbons (Fsp3) is 0.333. The van der Waals surface area contributed by atoms with Crippen LogP contribution in [0.2, 0.25) is 0 Å². The summed E-state index contributed by atoms with van der Waals surface area (Å²) in [7, 11) is 3.01. The summed E-state index contributed by atoms with van der Waals surface area (Å²) in [6.45, 7) is -1.49. The Morgan fingerprint density at radius 1 is 1.10 bits per heavy atom. The molecule has 1 heterocycles. The van der Waals surface area contributed by atoms with E-state index in [2.05, 4.69) is 5.32 Å². The van der Waals surface area contributed by atoms with Gasteiger partial charge in [-0.05, 0) is 42.0 Å². The third kappa shape index (κ3) is 5.25. The number of carbonyl (C=O) groups is 2. The van der Waals surface area contributed by atoms with Gasteiger partial charge in [0.15, 0.2) is 0 Å². The Hall–Kier alpha value is -2.88. The van der Waals surface area contributed by atoms with Crippen LogP contribution in [0.25, 0.3) is 0 Å². The molecule has 1 fully saturated rings. The zero-order chi connectivity index (χ0) is 22.6. The highest BCUT2D eigenvalue weighted by Gasteiger charge is 2.54. The quantitative estimate of drug-likeness (QED) is 0.670. The second-order valence-corrected chi connectivity index (χ2v) is 8.32. The number of hydrogen-bond acceptors (Lipinski definition) is 5. The van der Waals surface area contributed by atoms with E-state index in [9.17, 15) is 22.8 Å². The molecule has 0 spiro atoms. The Morgan fingerprint density at radius 3 is 2.16 bits per heavy atom. The molecule has 166 valence electrons. The van der Waals surface area contributed by atoms with E-state index >= 15 is 0 Å². The second kappa shape index (κ2) is 9.09. The molecule has 6 nitrogen and oxygen atoms in total. The van der Waals surface area contributed by atoms with E-state index in [1.165, 1.54) is 14.2 Å². The molecule has 0 radical (unpaired) electrons. The molecule has 0 aliphatic carbocycles. The van der Waals surface area contributed by atoms with Gasteiger partial charge in [-0.25, -0.2) is 0 Å². The van der Waals surface area contributed by atoms with Crippen molar-refractivity contribution >= 4 is 23.6 Å². The molecule has 0 saturated carbocycles. The van der Waals surface area contributed by atoms with E-state index in [0.717, 1.165) is 11.8 Å². The highest BCUT2D eigenvalue weighted by atomic mass is 32.2. The summed E-state index contributed by atoms with van der Waals surface area (Å²) < 4.78 is 47.1. The molecule has 2 aromatic rings. The molecule has 2 amide bonds. The van der Waals surface area contributed by atoms with Crippen LogP contribution in [0, 0.1) is 0 Å². The predicted molar refractivity (Wildman–Crippen MR) is 109 cm³/mol. The number of amides is 2. The SMILES string of the molecule is COc1ccc(S[C@]2(C(=O)NCC(F)(F)F)CC(=O)N[C@@H]2c2ccc(OC)cc2)cc1. The number of ether oxygens (including phenoxy) is 2. The third-order valence-corrected chi connectivity index (χ3v) is 6.27. The number of halogens is 3. The summed E-state index contributed by atoms with van der Waals surface area (Å²) in [4.78, 5) is 26.1. The van der Waals surface area contributed by atoms with Crippen molar-refractivity contribution in [1.29, 1.82) is 0 Å². The lowest BCUT2D eigenvalue weighted by Crippen LogP contribution is -2.49. The number of carbonyl (C=O) groups excluding carboxylic acids is 2. The first-order chi connectivity index (χ1) is 14.7. The molecule has 1 aliphatic heterocycles. The molecule has 31 heavy (non-hydrogen) atoms. The second-order valence-electron chi connectivity index (χ2n) is 6.92. The monoisotopic (exact) mass is 454 g/mol. The van der Waals surface area contributed by atoms with E-state index in [0.29, 0.717) is 22.0 Å². The number of alkyl halides is 3. The first-order valence-electron chi connectivity index (χ1n) is 9.28. The van der Waals surface area contributed by atoms with Gasteiger partial charge in [-0.3, -0.25) is 9.59 Å². The van der Waals surface area contributed by atoms with Crippen molar-refractivity contribution in [1.82, 2.24) is 10.6 Å². The van der Waals surface area contributed by atoms with Gasteiger partial charge in [-0.1, -0.05) is 12.1 Å². The molecule has 1 saturated heterocycles. The zero-order valence-corrected chi connectivity index (χ0v) is 17.6. The minimum atomic E-state index is -4.58. The van der Waals surface area contributed by atoms with Crippen molar-refractivity contribution in [3.63, 3.8) is 0 Å². The first-order valence-corrected chi connectivity index (χ1v) is 10.1. The van der Waals surface area contributed by atoms with Gasteiger partial charge in [0.2, 0.25) is 11.8 Å². The lowest BCUT2D eigenvalue weighted by Gasteiger charge is -2.33. The lowest BCUT2D eigenvalue weighted by molar-refractivity contribution is -0.140. The largest absolute Gasteiger partial charge is 0.497 e. The maximum absolute atomic E-state index is 13.1. The summed E-state index contributed by atoms with van der Waals surface area (Å²) in [6.07, 6.45) is -4.85. The summed E-state index contributed by atoms with van der Waals surface area (Å²) in [5, 5.41) is 4.72. The van der Waals surface area contributed by atoms with Crippen molar-refractivity contribution in [2.45, 2.75) is 28.3 Å². The lowest BCUT2D eigenvalue weighted by atomic mass is 9.92. The van der Waals surface area contributed by atoms with Crippen LogP contribution in [0.4, 0.5) is 13.2 Å². The number of nitrogens with one attached hydrogen (secondary N) is 2. The van der Waals surface area contributed by atoms with Crippen molar-refractivity contribution in [3.05, 3.63) is 54.1 Å². The van der Waals surface area contributed by atoms with Gasteiger partial charge in [-0.15, -0.1) is 11.8 Å². The van der Waals surface area contributed by atoms with E-state index < -0.39 is 35.3 Å². The molecule has 2 atom stereocenters. The fourth-order valence-corrected chi connectivity index (χ4v) is 4.73. The van der Waals surface area contributed by atoms with Crippen molar-refractivity contribution in [3.8, 4) is 11.5 Å². The highest BCUT2D eigenvalue weighted by molar-refractivity contribution is 8.01. The average molecular weight is 454 g/mol. The molecule has 0 unspecified atom stereocenters. The number of hydrogen-bond donors (Lipinski definition) is 2. The fourth-order valence-electron chi connectivity index (χ4n) is 3.36. The minimum absolute atomic E-state index is 0.274.